The fourth-order valence-corrected chi connectivity index (χ4v) is 9.19. The van der Waals surface area contributed by atoms with E-state index in [-0.39, 0.29) is 17.7 Å². The van der Waals surface area contributed by atoms with Crippen molar-refractivity contribution in [1.29, 1.82) is 0 Å². The van der Waals surface area contributed by atoms with Crippen LogP contribution in [0.3, 0.4) is 0 Å². The molecule has 0 aromatic heterocycles. The number of hydrogen-bond acceptors (Lipinski definition) is 6. The fraction of sp³-hybridized carbons (Fsp3) is 0.378. The highest BCUT2D eigenvalue weighted by molar-refractivity contribution is 9.10. The second kappa shape index (κ2) is 16.0. The Morgan fingerprint density at radius 3 is 2.37 bits per heavy atom. The maximum Gasteiger partial charge on any atom is 0.255 e. The highest BCUT2D eigenvalue weighted by atomic mass is 79.9. The molecule has 280 valence electrons. The number of benzene rings is 4. The number of fused-ring (bicyclic) bond motifs is 2. The van der Waals surface area contributed by atoms with Gasteiger partial charge in [-0.25, -0.2) is 0 Å². The lowest BCUT2D eigenvalue weighted by Crippen LogP contribution is -2.49. The van der Waals surface area contributed by atoms with Crippen molar-refractivity contribution < 1.29 is 19.4 Å². The van der Waals surface area contributed by atoms with Crippen LogP contribution in [0, 0.1) is 0 Å². The summed E-state index contributed by atoms with van der Waals surface area (Å²) in [6.45, 7) is 10.1. The minimum atomic E-state index is -0.430. The fourth-order valence-electron chi connectivity index (χ4n) is 8.93. The molecule has 0 spiro atoms. The van der Waals surface area contributed by atoms with Gasteiger partial charge in [-0.2, -0.15) is 0 Å². The second-order valence-electron chi connectivity index (χ2n) is 15.3. The van der Waals surface area contributed by atoms with Gasteiger partial charge in [-0.15, -0.1) is 0 Å². The van der Waals surface area contributed by atoms with E-state index in [2.05, 4.69) is 104 Å². The molecule has 1 unspecified atom stereocenters. The van der Waals surface area contributed by atoms with Crippen LogP contribution >= 0.6 is 15.9 Å². The lowest BCUT2D eigenvalue weighted by molar-refractivity contribution is -0.126. The average molecular weight is 790 g/mol. The lowest BCUT2D eigenvalue weighted by Gasteiger charge is -2.36. The van der Waals surface area contributed by atoms with Gasteiger partial charge in [-0.05, 0) is 140 Å². The number of phenols is 1. The number of allylic oxidation sites excluding steroid dienone is 1. The number of hydrogen-bond donors (Lipinski definition) is 2. The summed E-state index contributed by atoms with van der Waals surface area (Å²) >= 11 is 3.59. The SMILES string of the molecule is C=C1CCC(N2Cc3cc(N4CCN(CCCCCOc5ccc([C@@H]6c7ccc(O)cc7CC[C@@H]6c6ccc(Br)cc6)cc5)CC4)ccc3C2=O)C(=O)N1. The minimum absolute atomic E-state index is 0.0484. The average Bonchev–Trinajstić information content (AvgIpc) is 3.51. The van der Waals surface area contributed by atoms with Crippen LogP contribution in [-0.4, -0.2) is 72.1 Å². The number of nitrogens with zero attached hydrogens (tertiary/aromatic N) is 3. The Morgan fingerprint density at radius 2 is 1.59 bits per heavy atom. The van der Waals surface area contributed by atoms with Crippen molar-refractivity contribution in [2.24, 2.45) is 0 Å². The highest BCUT2D eigenvalue weighted by Gasteiger charge is 2.38. The Bertz CT molecular complexity index is 2010. The van der Waals surface area contributed by atoms with Crippen LogP contribution in [0.5, 0.6) is 11.5 Å². The summed E-state index contributed by atoms with van der Waals surface area (Å²) in [5.41, 5.74) is 8.77. The summed E-state index contributed by atoms with van der Waals surface area (Å²) in [4.78, 5) is 32.4. The van der Waals surface area contributed by atoms with Crippen LogP contribution in [0.25, 0.3) is 0 Å². The van der Waals surface area contributed by atoms with Crippen molar-refractivity contribution >= 4 is 33.4 Å². The Hall–Kier alpha value is -4.60. The van der Waals surface area contributed by atoms with Crippen LogP contribution in [0.15, 0.2) is 102 Å². The summed E-state index contributed by atoms with van der Waals surface area (Å²) in [6.07, 6.45) is 6.62. The van der Waals surface area contributed by atoms with Crippen LogP contribution in [-0.2, 0) is 17.8 Å². The summed E-state index contributed by atoms with van der Waals surface area (Å²) < 4.78 is 7.28. The zero-order chi connectivity index (χ0) is 37.2. The number of anilines is 1. The molecule has 2 saturated heterocycles. The number of halogens is 1. The van der Waals surface area contributed by atoms with Crippen molar-refractivity contribution in [2.75, 3.05) is 44.2 Å². The molecular formula is C45H49BrN4O4. The largest absolute Gasteiger partial charge is 0.508 e. The first-order chi connectivity index (χ1) is 26.3. The second-order valence-corrected chi connectivity index (χ2v) is 16.2. The number of carbonyl (C=O) groups excluding carboxylic acids is 2. The van der Waals surface area contributed by atoms with Gasteiger partial charge in [-0.1, -0.05) is 52.8 Å². The number of unbranched alkanes of at least 4 members (excludes halogenated alkanes) is 2. The molecular weight excluding hydrogens is 740 g/mol. The normalized spacial score (nSPS) is 21.5. The number of amides is 2. The van der Waals surface area contributed by atoms with Gasteiger partial charge in [0.25, 0.3) is 5.91 Å². The van der Waals surface area contributed by atoms with Gasteiger partial charge in [0.2, 0.25) is 5.91 Å². The molecule has 0 bridgehead atoms. The molecule has 4 aromatic carbocycles. The number of piperazine rings is 1. The van der Waals surface area contributed by atoms with Crippen LogP contribution in [0.2, 0.25) is 0 Å². The summed E-state index contributed by atoms with van der Waals surface area (Å²) in [5, 5.41) is 13.0. The smallest absolute Gasteiger partial charge is 0.255 e. The molecule has 2 fully saturated rings. The standard InChI is InChI=1S/C45H49BrN4O4/c1-30-5-20-42(44(52)47-30)50-29-34-27-36(13-18-41(34)45(50)53)49-24-22-48(23-25-49)21-3-2-4-26-54-38-15-8-32(9-16-38)43-39(31-6-11-35(46)12-7-31)17-10-33-28-37(51)14-19-40(33)43/h6-9,11-16,18-19,27-28,39,42-43,51H,1-5,10,17,20-26,29H2,(H,47,52)/t39-,42?,43+/m1/s1. The van der Waals surface area contributed by atoms with E-state index in [4.69, 9.17) is 4.74 Å². The number of nitrogens with one attached hydrogen (secondary N) is 1. The molecule has 3 atom stereocenters. The van der Waals surface area contributed by atoms with E-state index in [1.165, 1.54) is 22.3 Å². The number of aryl methyl sites for hydroxylation is 1. The highest BCUT2D eigenvalue weighted by Crippen LogP contribution is 2.47. The van der Waals surface area contributed by atoms with Gasteiger partial charge in [0.15, 0.2) is 0 Å². The number of carbonyl (C=O) groups is 2. The maximum absolute atomic E-state index is 13.1. The predicted molar refractivity (Wildman–Crippen MR) is 216 cm³/mol. The Labute approximate surface area is 326 Å². The summed E-state index contributed by atoms with van der Waals surface area (Å²) in [6, 6.07) is 29.0. The van der Waals surface area contributed by atoms with Crippen molar-refractivity contribution in [2.45, 2.75) is 69.4 Å². The minimum Gasteiger partial charge on any atom is -0.508 e. The quantitative estimate of drug-likeness (QED) is 0.149. The summed E-state index contributed by atoms with van der Waals surface area (Å²) in [7, 11) is 0. The number of phenolic OH excluding ortho intramolecular Hbond substituents is 1. The first kappa shape index (κ1) is 36.4. The van der Waals surface area contributed by atoms with Crippen LogP contribution in [0.1, 0.15) is 88.5 Å². The Kier molecular flexibility index (Phi) is 10.8. The molecule has 8 nitrogen and oxygen atoms in total. The zero-order valence-corrected chi connectivity index (χ0v) is 32.4. The molecule has 4 aliphatic rings. The third-order valence-electron chi connectivity index (χ3n) is 11.9. The van der Waals surface area contributed by atoms with E-state index in [0.717, 1.165) is 97.6 Å². The maximum atomic E-state index is 13.1. The number of ether oxygens (including phenoxy) is 1. The molecule has 3 heterocycles. The van der Waals surface area contributed by atoms with E-state index < -0.39 is 6.04 Å². The van der Waals surface area contributed by atoms with Gasteiger partial charge in [0.1, 0.15) is 17.5 Å². The Balaban J connectivity index is 0.778. The summed E-state index contributed by atoms with van der Waals surface area (Å²) in [5.74, 6) is 1.65. The van der Waals surface area contributed by atoms with Crippen molar-refractivity contribution in [3.8, 4) is 11.5 Å². The molecule has 0 saturated carbocycles. The molecule has 0 radical (unpaired) electrons. The third kappa shape index (κ3) is 7.80. The van der Waals surface area contributed by atoms with Gasteiger partial charge in [0.05, 0.1) is 6.61 Å². The third-order valence-corrected chi connectivity index (χ3v) is 12.4. The molecule has 4 aromatic rings. The van der Waals surface area contributed by atoms with Crippen molar-refractivity contribution in [1.82, 2.24) is 15.1 Å². The number of piperidine rings is 1. The molecule has 8 rings (SSSR count). The van der Waals surface area contributed by atoms with Gasteiger partial charge in [0, 0.05) is 60.1 Å². The van der Waals surface area contributed by atoms with Gasteiger partial charge < -0.3 is 25.0 Å². The van der Waals surface area contributed by atoms with Gasteiger partial charge in [-0.3, -0.25) is 14.5 Å². The number of aromatic hydroxyl groups is 1. The number of rotatable bonds is 11. The first-order valence-electron chi connectivity index (χ1n) is 19.5. The Morgan fingerprint density at radius 1 is 0.815 bits per heavy atom. The molecule has 2 N–H and O–H groups in total. The van der Waals surface area contributed by atoms with Gasteiger partial charge >= 0.3 is 0 Å². The van der Waals surface area contributed by atoms with E-state index in [0.29, 0.717) is 37.7 Å². The molecule has 9 heteroatoms. The molecule has 2 amide bonds. The molecule has 1 aliphatic carbocycles. The van der Waals surface area contributed by atoms with Crippen LogP contribution in [0.4, 0.5) is 5.69 Å². The van der Waals surface area contributed by atoms with Crippen molar-refractivity contribution in [3.63, 3.8) is 0 Å². The van der Waals surface area contributed by atoms with Crippen molar-refractivity contribution in [3.05, 3.63) is 135 Å². The van der Waals surface area contributed by atoms with Crippen LogP contribution < -0.4 is 15.0 Å². The lowest BCUT2D eigenvalue weighted by atomic mass is 9.69. The van der Waals surface area contributed by atoms with E-state index in [1.54, 1.807) is 4.90 Å². The van der Waals surface area contributed by atoms with E-state index >= 15 is 0 Å². The molecule has 54 heavy (non-hydrogen) atoms. The molecule has 3 aliphatic heterocycles. The van der Waals surface area contributed by atoms with E-state index in [9.17, 15) is 14.7 Å². The predicted octanol–water partition coefficient (Wildman–Crippen LogP) is 8.14. The monoisotopic (exact) mass is 788 g/mol. The first-order valence-corrected chi connectivity index (χ1v) is 20.3. The topological polar surface area (TPSA) is 85.4 Å². The van der Waals surface area contributed by atoms with E-state index in [1.807, 2.05) is 18.2 Å². The zero-order valence-electron chi connectivity index (χ0n) is 30.8.